The van der Waals surface area contributed by atoms with Gasteiger partial charge in [-0.2, -0.15) is 0 Å². The summed E-state index contributed by atoms with van der Waals surface area (Å²) in [4.78, 5) is 23.5. The number of anilines is 3. The highest BCUT2D eigenvalue weighted by molar-refractivity contribution is 6.10. The minimum atomic E-state index is -2.60. The van der Waals surface area contributed by atoms with Crippen LogP contribution in [0.3, 0.4) is 0 Å². The molecule has 2 aromatic carbocycles. The molecule has 162 valence electrons. The fourth-order valence-electron chi connectivity index (χ4n) is 4.18. The smallest absolute Gasteiger partial charge is 0.263 e. The van der Waals surface area contributed by atoms with Crippen LogP contribution in [0, 0.1) is 6.92 Å². The number of rotatable bonds is 4. The molecule has 0 fully saturated rings. The SMILES string of the molecule is Cc1nc(NC(C)c2cc(N)cc(C(F)F)c2)c2cc3c(cc2n1)C(C)(C)C(=O)N3C. The molecule has 1 aliphatic rings. The van der Waals surface area contributed by atoms with Crippen molar-refractivity contribution in [1.82, 2.24) is 9.97 Å². The Kier molecular flexibility index (Phi) is 4.83. The molecular formula is C23H25F2N5O. The van der Waals surface area contributed by atoms with Crippen LogP contribution in [0.2, 0.25) is 0 Å². The fraction of sp³-hybridized carbons (Fsp3) is 0.348. The standard InChI is InChI=1S/C23H25F2N5O/c1-11(13-6-14(20(24)25)8-15(26)7-13)27-21-16-9-19-17(10-18(16)28-12(2)29-21)23(3,4)22(31)30(19)5/h6-11,20H,26H2,1-5H3,(H,27,28,29). The highest BCUT2D eigenvalue weighted by Crippen LogP contribution is 2.43. The lowest BCUT2D eigenvalue weighted by molar-refractivity contribution is -0.121. The molecule has 0 saturated carbocycles. The molecule has 0 saturated heterocycles. The van der Waals surface area contributed by atoms with Gasteiger partial charge in [-0.3, -0.25) is 4.79 Å². The minimum Gasteiger partial charge on any atom is -0.399 e. The highest BCUT2D eigenvalue weighted by Gasteiger charge is 2.42. The predicted molar refractivity (Wildman–Crippen MR) is 119 cm³/mol. The molecule has 6 nitrogen and oxygen atoms in total. The maximum atomic E-state index is 13.2. The molecule has 2 heterocycles. The molecule has 0 radical (unpaired) electrons. The molecular weight excluding hydrogens is 400 g/mol. The first-order valence-corrected chi connectivity index (χ1v) is 10.0. The summed E-state index contributed by atoms with van der Waals surface area (Å²) in [5, 5.41) is 4.07. The summed E-state index contributed by atoms with van der Waals surface area (Å²) < 4.78 is 26.4. The van der Waals surface area contributed by atoms with Crippen LogP contribution in [-0.4, -0.2) is 22.9 Å². The number of aromatic nitrogens is 2. The highest BCUT2D eigenvalue weighted by atomic mass is 19.3. The molecule has 1 atom stereocenters. The van der Waals surface area contributed by atoms with Crippen molar-refractivity contribution >= 4 is 34.0 Å². The van der Waals surface area contributed by atoms with E-state index in [-0.39, 0.29) is 23.2 Å². The van der Waals surface area contributed by atoms with E-state index >= 15 is 0 Å². The van der Waals surface area contributed by atoms with E-state index in [9.17, 15) is 13.6 Å². The van der Waals surface area contributed by atoms with Crippen LogP contribution in [0.1, 0.15) is 55.8 Å². The Morgan fingerprint density at radius 2 is 1.77 bits per heavy atom. The lowest BCUT2D eigenvalue weighted by Gasteiger charge is -2.19. The molecule has 0 bridgehead atoms. The normalized spacial score (nSPS) is 16.1. The number of hydrogen-bond acceptors (Lipinski definition) is 5. The van der Waals surface area contributed by atoms with Gasteiger partial charge in [0.15, 0.2) is 0 Å². The molecule has 31 heavy (non-hydrogen) atoms. The van der Waals surface area contributed by atoms with Crippen molar-refractivity contribution in [2.24, 2.45) is 0 Å². The zero-order chi connectivity index (χ0) is 22.7. The molecule has 0 spiro atoms. The summed E-state index contributed by atoms with van der Waals surface area (Å²) in [6, 6.07) is 7.92. The summed E-state index contributed by atoms with van der Waals surface area (Å²) in [6.45, 7) is 7.46. The molecule has 4 rings (SSSR count). The van der Waals surface area contributed by atoms with Gasteiger partial charge in [0.05, 0.1) is 17.0 Å². The van der Waals surface area contributed by atoms with Crippen molar-refractivity contribution in [2.75, 3.05) is 23.0 Å². The number of halogens is 2. The Morgan fingerprint density at radius 1 is 1.10 bits per heavy atom. The summed E-state index contributed by atoms with van der Waals surface area (Å²) in [7, 11) is 1.76. The number of likely N-dealkylation sites (N-methyl/N-ethyl adjacent to an activating group) is 1. The second-order valence-corrected chi connectivity index (χ2v) is 8.59. The van der Waals surface area contributed by atoms with Gasteiger partial charge in [0.2, 0.25) is 5.91 Å². The van der Waals surface area contributed by atoms with E-state index in [4.69, 9.17) is 5.73 Å². The van der Waals surface area contributed by atoms with Crippen molar-refractivity contribution in [3.05, 3.63) is 52.8 Å². The van der Waals surface area contributed by atoms with Crippen molar-refractivity contribution in [2.45, 2.75) is 45.6 Å². The summed E-state index contributed by atoms with van der Waals surface area (Å²) in [6.07, 6.45) is -2.60. The summed E-state index contributed by atoms with van der Waals surface area (Å²) >= 11 is 0. The number of nitrogens with two attached hydrogens (primary N) is 1. The van der Waals surface area contributed by atoms with Gasteiger partial charge < -0.3 is 16.0 Å². The van der Waals surface area contributed by atoms with E-state index in [0.29, 0.717) is 17.2 Å². The van der Waals surface area contributed by atoms with E-state index < -0.39 is 11.8 Å². The van der Waals surface area contributed by atoms with Gasteiger partial charge in [-0.25, -0.2) is 18.7 Å². The van der Waals surface area contributed by atoms with E-state index in [1.165, 1.54) is 12.1 Å². The van der Waals surface area contributed by atoms with E-state index in [1.54, 1.807) is 24.9 Å². The number of fused-ring (bicyclic) bond motifs is 2. The monoisotopic (exact) mass is 425 g/mol. The summed E-state index contributed by atoms with van der Waals surface area (Å²) in [5.74, 6) is 1.16. The average Bonchev–Trinajstić information content (AvgIpc) is 2.86. The molecule has 0 aliphatic carbocycles. The van der Waals surface area contributed by atoms with Gasteiger partial charge in [0, 0.05) is 29.4 Å². The van der Waals surface area contributed by atoms with Gasteiger partial charge in [0.1, 0.15) is 11.6 Å². The largest absolute Gasteiger partial charge is 0.399 e. The van der Waals surface area contributed by atoms with E-state index in [1.807, 2.05) is 32.9 Å². The molecule has 1 aliphatic heterocycles. The second-order valence-electron chi connectivity index (χ2n) is 8.59. The number of benzene rings is 2. The van der Waals surface area contributed by atoms with Crippen molar-refractivity contribution in [1.29, 1.82) is 0 Å². The quantitative estimate of drug-likeness (QED) is 0.582. The number of aryl methyl sites for hydroxylation is 1. The first-order chi connectivity index (χ1) is 14.5. The van der Waals surface area contributed by atoms with Gasteiger partial charge in [-0.15, -0.1) is 0 Å². The number of nitrogens with zero attached hydrogens (tertiary/aromatic N) is 3. The second kappa shape index (κ2) is 7.14. The Balaban J connectivity index is 1.80. The number of carbonyl (C=O) groups excluding carboxylic acids is 1. The zero-order valence-electron chi connectivity index (χ0n) is 18.1. The van der Waals surface area contributed by atoms with Gasteiger partial charge >= 0.3 is 0 Å². The maximum Gasteiger partial charge on any atom is 0.263 e. The Bertz CT molecular complexity index is 1210. The Morgan fingerprint density at radius 3 is 2.45 bits per heavy atom. The third-order valence-electron chi connectivity index (χ3n) is 5.90. The van der Waals surface area contributed by atoms with Crippen LogP contribution in [0.15, 0.2) is 30.3 Å². The first kappa shape index (κ1) is 21.0. The van der Waals surface area contributed by atoms with Crippen molar-refractivity contribution in [3.8, 4) is 0 Å². The summed E-state index contributed by atoms with van der Waals surface area (Å²) in [5.41, 5.74) is 8.45. The van der Waals surface area contributed by atoms with Crippen LogP contribution in [0.4, 0.5) is 26.0 Å². The minimum absolute atomic E-state index is 0.0182. The number of alkyl halides is 2. The molecule has 1 aromatic heterocycles. The Labute approximate surface area is 179 Å². The van der Waals surface area contributed by atoms with Gasteiger partial charge in [-0.1, -0.05) is 0 Å². The molecule has 3 N–H and O–H groups in total. The maximum absolute atomic E-state index is 13.2. The number of nitrogen functional groups attached to an aromatic ring is 1. The van der Waals surface area contributed by atoms with Gasteiger partial charge in [-0.05, 0) is 69.2 Å². The van der Waals surface area contributed by atoms with Crippen LogP contribution in [0.5, 0.6) is 0 Å². The molecule has 1 unspecified atom stereocenters. The van der Waals surface area contributed by atoms with Crippen LogP contribution >= 0.6 is 0 Å². The van der Waals surface area contributed by atoms with Gasteiger partial charge in [0.25, 0.3) is 6.43 Å². The van der Waals surface area contributed by atoms with Crippen molar-refractivity contribution in [3.63, 3.8) is 0 Å². The first-order valence-electron chi connectivity index (χ1n) is 10.0. The molecule has 3 aromatic rings. The Hall–Kier alpha value is -3.29. The van der Waals surface area contributed by atoms with Crippen LogP contribution in [-0.2, 0) is 10.2 Å². The lowest BCUT2D eigenvalue weighted by atomic mass is 9.85. The number of hydrogen-bond donors (Lipinski definition) is 2. The number of carbonyl (C=O) groups is 1. The van der Waals surface area contributed by atoms with Crippen LogP contribution in [0.25, 0.3) is 10.9 Å². The van der Waals surface area contributed by atoms with Crippen molar-refractivity contribution < 1.29 is 13.6 Å². The van der Waals surface area contributed by atoms with Crippen LogP contribution < -0.4 is 16.0 Å². The predicted octanol–water partition coefficient (Wildman–Crippen LogP) is 4.89. The topological polar surface area (TPSA) is 84.1 Å². The zero-order valence-corrected chi connectivity index (χ0v) is 18.1. The lowest BCUT2D eigenvalue weighted by Crippen LogP contribution is -2.33. The number of amides is 1. The van der Waals surface area contributed by atoms with E-state index in [0.717, 1.165) is 22.2 Å². The number of nitrogens with one attached hydrogen (secondary N) is 1. The van der Waals surface area contributed by atoms with E-state index in [2.05, 4.69) is 15.3 Å². The third-order valence-corrected chi connectivity index (χ3v) is 5.90. The average molecular weight is 425 g/mol. The third kappa shape index (κ3) is 3.45. The molecule has 8 heteroatoms. The molecule has 1 amide bonds. The fourth-order valence-corrected chi connectivity index (χ4v) is 4.18.